The molecular formula is C41H52N6O3. The van der Waals surface area contributed by atoms with E-state index < -0.39 is 5.91 Å². The van der Waals surface area contributed by atoms with Gasteiger partial charge in [-0.05, 0) is 59.3 Å². The van der Waals surface area contributed by atoms with Gasteiger partial charge in [0.15, 0.2) is 0 Å². The third-order valence-electron chi connectivity index (χ3n) is 10.0. The molecular weight excluding hydrogens is 624 g/mol. The van der Waals surface area contributed by atoms with E-state index in [1.807, 2.05) is 12.1 Å². The lowest BCUT2D eigenvalue weighted by molar-refractivity contribution is 0.0342. The number of nitrogen functional groups attached to an aromatic ring is 1. The Morgan fingerprint density at radius 3 is 1.78 bits per heavy atom. The van der Waals surface area contributed by atoms with Crippen molar-refractivity contribution in [1.82, 2.24) is 19.7 Å². The van der Waals surface area contributed by atoms with Gasteiger partial charge in [0.25, 0.3) is 5.91 Å². The summed E-state index contributed by atoms with van der Waals surface area (Å²) >= 11 is 0. The number of primary amides is 1. The zero-order valence-electron chi connectivity index (χ0n) is 29.4. The molecule has 1 amide bonds. The van der Waals surface area contributed by atoms with Crippen molar-refractivity contribution in [2.24, 2.45) is 5.73 Å². The zero-order valence-corrected chi connectivity index (χ0v) is 29.4. The zero-order chi connectivity index (χ0) is 34.7. The van der Waals surface area contributed by atoms with Crippen LogP contribution in [0.2, 0.25) is 0 Å². The van der Waals surface area contributed by atoms with E-state index in [0.717, 1.165) is 57.1 Å². The number of carbonyl (C=O) groups is 1. The summed E-state index contributed by atoms with van der Waals surface area (Å²) in [7, 11) is 2.21. The fourth-order valence-electron chi connectivity index (χ4n) is 6.78. The van der Waals surface area contributed by atoms with Gasteiger partial charge in [0.1, 0.15) is 5.82 Å². The number of nitrogens with zero attached hydrogens (tertiary/aromatic N) is 4. The van der Waals surface area contributed by atoms with Gasteiger partial charge in [0.2, 0.25) is 0 Å². The second kappa shape index (κ2) is 17.7. The van der Waals surface area contributed by atoms with Crippen molar-refractivity contribution < 1.29 is 14.3 Å². The van der Waals surface area contributed by atoms with E-state index in [1.54, 1.807) is 12.3 Å². The first-order valence-corrected chi connectivity index (χ1v) is 18.0. The van der Waals surface area contributed by atoms with Crippen LogP contribution in [0.3, 0.4) is 0 Å². The number of ether oxygens (including phenoxy) is 2. The number of benzene rings is 3. The molecule has 3 fully saturated rings. The van der Waals surface area contributed by atoms with Gasteiger partial charge >= 0.3 is 0 Å². The molecule has 50 heavy (non-hydrogen) atoms. The van der Waals surface area contributed by atoms with Crippen LogP contribution in [0.4, 0.5) is 5.82 Å². The van der Waals surface area contributed by atoms with Crippen molar-refractivity contribution in [1.29, 1.82) is 0 Å². The predicted molar refractivity (Wildman–Crippen MR) is 200 cm³/mol. The molecule has 0 bridgehead atoms. The van der Waals surface area contributed by atoms with E-state index in [2.05, 4.69) is 87.4 Å². The van der Waals surface area contributed by atoms with E-state index in [1.165, 1.54) is 79.7 Å². The molecule has 7 rings (SSSR count). The van der Waals surface area contributed by atoms with Gasteiger partial charge in [0.05, 0.1) is 31.5 Å². The van der Waals surface area contributed by atoms with Crippen LogP contribution in [0.25, 0.3) is 22.3 Å². The van der Waals surface area contributed by atoms with Crippen LogP contribution in [0.1, 0.15) is 52.7 Å². The van der Waals surface area contributed by atoms with Crippen LogP contribution in [0.5, 0.6) is 0 Å². The topological polar surface area (TPSA) is 110 Å². The number of nitrogens with two attached hydrogens (primary N) is 2. The summed E-state index contributed by atoms with van der Waals surface area (Å²) in [6, 6.07) is 27.9. The van der Waals surface area contributed by atoms with Crippen molar-refractivity contribution >= 4 is 11.7 Å². The summed E-state index contributed by atoms with van der Waals surface area (Å²) in [5.74, 6) is -0.411. The van der Waals surface area contributed by atoms with Crippen LogP contribution < -0.4 is 11.5 Å². The average molecular weight is 677 g/mol. The minimum absolute atomic E-state index is 0.158. The third-order valence-corrected chi connectivity index (χ3v) is 10.0. The minimum atomic E-state index is -0.569. The number of amides is 1. The molecule has 3 aromatic carbocycles. The van der Waals surface area contributed by atoms with Crippen LogP contribution in [-0.4, -0.2) is 91.2 Å². The van der Waals surface area contributed by atoms with Gasteiger partial charge in [0, 0.05) is 64.1 Å². The molecule has 0 spiro atoms. The number of anilines is 1. The Hall–Kier alpha value is -4.12. The summed E-state index contributed by atoms with van der Waals surface area (Å²) in [6.07, 6.45) is 7.26. The predicted octanol–water partition coefficient (Wildman–Crippen LogP) is 5.82. The van der Waals surface area contributed by atoms with Gasteiger partial charge in [-0.3, -0.25) is 14.6 Å². The molecule has 9 heteroatoms. The molecule has 0 atom stereocenters. The molecule has 0 unspecified atom stereocenters. The molecule has 3 aliphatic rings. The lowest BCUT2D eigenvalue weighted by atomic mass is 10.0. The number of carbonyl (C=O) groups excluding carboxylic acids is 1. The summed E-state index contributed by atoms with van der Waals surface area (Å²) in [5, 5.41) is 0. The third kappa shape index (κ3) is 10.2. The minimum Gasteiger partial charge on any atom is -0.383 e. The Morgan fingerprint density at radius 2 is 1.24 bits per heavy atom. The Balaban J connectivity index is 0.000000175. The molecule has 1 aromatic heterocycles. The van der Waals surface area contributed by atoms with E-state index in [4.69, 9.17) is 20.9 Å². The van der Waals surface area contributed by atoms with Gasteiger partial charge in [-0.25, -0.2) is 4.98 Å². The highest BCUT2D eigenvalue weighted by atomic mass is 16.5. The fourth-order valence-corrected chi connectivity index (χ4v) is 6.78. The Labute approximate surface area is 297 Å². The number of aromatic nitrogens is 1. The molecule has 2 saturated heterocycles. The first-order chi connectivity index (χ1) is 24.4. The number of pyridine rings is 1. The van der Waals surface area contributed by atoms with E-state index >= 15 is 0 Å². The number of morpholine rings is 1. The number of likely N-dealkylation sites (N-methyl/N-ethyl adjacent to an activating group) is 1. The average Bonchev–Trinajstić information content (AvgIpc) is 3.68. The normalized spacial score (nSPS) is 17.7. The first-order valence-electron chi connectivity index (χ1n) is 18.0. The summed E-state index contributed by atoms with van der Waals surface area (Å²) in [4.78, 5) is 22.7. The Kier molecular flexibility index (Phi) is 12.6. The lowest BCUT2D eigenvalue weighted by Crippen LogP contribution is -2.43. The molecule has 4 N–H and O–H groups in total. The maximum absolute atomic E-state index is 11.4. The monoisotopic (exact) mass is 676 g/mol. The van der Waals surface area contributed by atoms with Crippen molar-refractivity contribution in [2.75, 3.05) is 65.3 Å². The second-order valence-corrected chi connectivity index (χ2v) is 13.8. The highest BCUT2D eigenvalue weighted by Gasteiger charge is 2.16. The first kappa shape index (κ1) is 35.7. The van der Waals surface area contributed by atoms with Gasteiger partial charge in [-0.15, -0.1) is 0 Å². The quantitative estimate of drug-likeness (QED) is 0.216. The van der Waals surface area contributed by atoms with Crippen LogP contribution in [0, 0.1) is 0 Å². The van der Waals surface area contributed by atoms with Crippen LogP contribution in [-0.2, 0) is 29.2 Å². The van der Waals surface area contributed by atoms with Gasteiger partial charge in [-0.1, -0.05) is 85.6 Å². The van der Waals surface area contributed by atoms with Crippen LogP contribution >= 0.6 is 0 Å². The molecule has 3 heterocycles. The Morgan fingerprint density at radius 1 is 0.740 bits per heavy atom. The summed E-state index contributed by atoms with van der Waals surface area (Å²) in [5.41, 5.74) is 19.5. The van der Waals surface area contributed by atoms with Gasteiger partial charge < -0.3 is 25.8 Å². The SMILES string of the molecule is CN1CCN(Cc2ccc(-c3ccc(COC4CCCC4)cc3)cc2)CC1.NC(=O)c1cc(-c2ccc(CN3CCOCC3)cc2)cnc1N. The highest BCUT2D eigenvalue weighted by molar-refractivity contribution is 5.98. The maximum atomic E-state index is 11.4. The molecule has 4 aromatic rings. The highest BCUT2D eigenvalue weighted by Crippen LogP contribution is 2.25. The smallest absolute Gasteiger partial charge is 0.252 e. The number of piperazine rings is 1. The van der Waals surface area contributed by atoms with Gasteiger partial charge in [-0.2, -0.15) is 0 Å². The van der Waals surface area contributed by atoms with E-state index in [0.29, 0.717) is 6.10 Å². The Bertz CT molecular complexity index is 1640. The van der Waals surface area contributed by atoms with Crippen molar-refractivity contribution in [3.05, 3.63) is 107 Å². The number of hydrogen-bond acceptors (Lipinski definition) is 8. The number of hydrogen-bond donors (Lipinski definition) is 2. The molecule has 0 radical (unpaired) electrons. The molecule has 1 saturated carbocycles. The summed E-state index contributed by atoms with van der Waals surface area (Å²) < 4.78 is 11.4. The lowest BCUT2D eigenvalue weighted by Gasteiger charge is -2.32. The molecule has 264 valence electrons. The maximum Gasteiger partial charge on any atom is 0.252 e. The molecule has 1 aliphatic carbocycles. The van der Waals surface area contributed by atoms with Crippen molar-refractivity contribution in [3.8, 4) is 22.3 Å². The number of rotatable bonds is 10. The van der Waals surface area contributed by atoms with Crippen LogP contribution in [0.15, 0.2) is 85.1 Å². The van der Waals surface area contributed by atoms with Crippen molar-refractivity contribution in [3.63, 3.8) is 0 Å². The van der Waals surface area contributed by atoms with E-state index in [-0.39, 0.29) is 11.4 Å². The van der Waals surface area contributed by atoms with Crippen molar-refractivity contribution in [2.45, 2.75) is 51.5 Å². The largest absolute Gasteiger partial charge is 0.383 e. The summed E-state index contributed by atoms with van der Waals surface area (Å²) in [6.45, 7) is 10.9. The molecule has 2 aliphatic heterocycles. The standard InChI is InChI=1S/C24H32N2O.C17H20N4O2/c1-25-14-16-26(17-15-25)18-20-6-10-22(11-7-20)23-12-8-21(9-13-23)19-27-24-4-2-3-5-24;18-16-15(17(19)22)9-14(10-20-16)13-3-1-12(2-4-13)11-21-5-7-23-8-6-21/h6-13,24H,2-5,14-19H2,1H3;1-4,9-10H,5-8,11H2,(H2,18,20)(H2,19,22). The second-order valence-electron chi connectivity index (χ2n) is 13.8. The fraction of sp³-hybridized carbons (Fsp3) is 0.415. The molecule has 9 nitrogen and oxygen atoms in total. The van der Waals surface area contributed by atoms with E-state index in [9.17, 15) is 4.79 Å².